The van der Waals surface area contributed by atoms with E-state index in [1.165, 1.54) is 58.0 Å². The highest BCUT2D eigenvalue weighted by molar-refractivity contribution is 4.65. The fraction of sp³-hybridized carbons (Fsp3) is 1.00. The molecule has 16 heavy (non-hydrogen) atoms. The Labute approximate surface area is 103 Å². The Bertz CT molecular complexity index is 137. The summed E-state index contributed by atoms with van der Waals surface area (Å²) in [5, 5.41) is 0. The van der Waals surface area contributed by atoms with E-state index < -0.39 is 0 Å². The molecule has 2 N–H and O–H groups in total. The molecule has 0 aromatic carbocycles. The van der Waals surface area contributed by atoms with Crippen LogP contribution in [0.1, 0.15) is 65.7 Å². The Morgan fingerprint density at radius 1 is 0.938 bits per heavy atom. The Balaban J connectivity index is 3.65. The topological polar surface area (TPSA) is 29.3 Å². The lowest BCUT2D eigenvalue weighted by molar-refractivity contribution is 0.196. The minimum absolute atomic E-state index is 0.751. The van der Waals surface area contributed by atoms with Crippen molar-refractivity contribution in [1.82, 2.24) is 4.90 Å². The van der Waals surface area contributed by atoms with Gasteiger partial charge in [0, 0.05) is 6.04 Å². The highest BCUT2D eigenvalue weighted by atomic mass is 15.1. The molecule has 0 spiro atoms. The summed E-state index contributed by atoms with van der Waals surface area (Å²) in [6.07, 6.45) is 9.10. The molecular formula is C14H32N2. The molecule has 0 rings (SSSR count). The van der Waals surface area contributed by atoms with Gasteiger partial charge in [0.2, 0.25) is 0 Å². The molecule has 0 aromatic rings. The molecule has 2 nitrogen and oxygen atoms in total. The van der Waals surface area contributed by atoms with E-state index in [1.807, 2.05) is 0 Å². The van der Waals surface area contributed by atoms with Gasteiger partial charge in [-0.1, -0.05) is 33.1 Å². The van der Waals surface area contributed by atoms with Crippen molar-refractivity contribution < 1.29 is 0 Å². The summed E-state index contributed by atoms with van der Waals surface area (Å²) in [6.45, 7) is 10.3. The molecular weight excluding hydrogens is 196 g/mol. The number of hydrogen-bond donors (Lipinski definition) is 1. The smallest absolute Gasteiger partial charge is 0.00643 e. The van der Waals surface area contributed by atoms with Crippen LogP contribution in [0.3, 0.4) is 0 Å². The van der Waals surface area contributed by atoms with E-state index in [-0.39, 0.29) is 0 Å². The molecule has 0 fully saturated rings. The van der Waals surface area contributed by atoms with Crippen LogP contribution in [-0.4, -0.2) is 30.6 Å². The van der Waals surface area contributed by atoms with Crippen LogP contribution >= 0.6 is 0 Å². The first-order valence-electron chi connectivity index (χ1n) is 7.20. The summed E-state index contributed by atoms with van der Waals surface area (Å²) in [4.78, 5) is 2.66. The molecule has 0 saturated carbocycles. The summed E-state index contributed by atoms with van der Waals surface area (Å²) in [5.74, 6) is 0. The predicted octanol–water partition coefficient (Wildman–Crippen LogP) is 3.41. The number of unbranched alkanes of at least 4 members (excludes halogenated alkanes) is 4. The largest absolute Gasteiger partial charge is 0.330 e. The molecule has 0 aliphatic carbocycles. The SMILES string of the molecule is CCCCN(CCCCCCN)C(C)CC. The van der Waals surface area contributed by atoms with Gasteiger partial charge < -0.3 is 10.6 Å². The van der Waals surface area contributed by atoms with Gasteiger partial charge in [-0.15, -0.1) is 0 Å². The molecule has 1 atom stereocenters. The first-order valence-corrected chi connectivity index (χ1v) is 7.20. The summed E-state index contributed by atoms with van der Waals surface area (Å²) >= 11 is 0. The third kappa shape index (κ3) is 8.12. The molecule has 0 saturated heterocycles. The molecule has 0 amide bonds. The van der Waals surface area contributed by atoms with Gasteiger partial charge in [-0.3, -0.25) is 0 Å². The second-order valence-corrected chi connectivity index (χ2v) is 4.85. The van der Waals surface area contributed by atoms with E-state index in [0.29, 0.717) is 0 Å². The monoisotopic (exact) mass is 228 g/mol. The minimum Gasteiger partial charge on any atom is -0.330 e. The van der Waals surface area contributed by atoms with E-state index in [1.54, 1.807) is 0 Å². The second-order valence-electron chi connectivity index (χ2n) is 4.85. The maximum atomic E-state index is 5.50. The Kier molecular flexibility index (Phi) is 11.3. The molecule has 2 heteroatoms. The molecule has 0 aliphatic heterocycles. The number of hydrogen-bond acceptors (Lipinski definition) is 2. The molecule has 0 aromatic heterocycles. The van der Waals surface area contributed by atoms with E-state index in [9.17, 15) is 0 Å². The van der Waals surface area contributed by atoms with Gasteiger partial charge in [0.1, 0.15) is 0 Å². The van der Waals surface area contributed by atoms with Crippen molar-refractivity contribution in [3.8, 4) is 0 Å². The maximum Gasteiger partial charge on any atom is 0.00643 e. The summed E-state index contributed by atoms with van der Waals surface area (Å²) in [6, 6.07) is 0.751. The molecule has 0 bridgehead atoms. The molecule has 0 heterocycles. The maximum absolute atomic E-state index is 5.50. The van der Waals surface area contributed by atoms with Gasteiger partial charge in [-0.2, -0.15) is 0 Å². The van der Waals surface area contributed by atoms with Crippen molar-refractivity contribution in [1.29, 1.82) is 0 Å². The fourth-order valence-electron chi connectivity index (χ4n) is 1.98. The van der Waals surface area contributed by atoms with Gasteiger partial charge >= 0.3 is 0 Å². The van der Waals surface area contributed by atoms with Crippen molar-refractivity contribution in [3.05, 3.63) is 0 Å². The molecule has 1 unspecified atom stereocenters. The highest BCUT2D eigenvalue weighted by Gasteiger charge is 2.10. The first kappa shape index (κ1) is 15.9. The number of rotatable bonds is 11. The predicted molar refractivity (Wildman–Crippen MR) is 73.8 cm³/mol. The fourth-order valence-corrected chi connectivity index (χ4v) is 1.98. The Hall–Kier alpha value is -0.0800. The number of nitrogens with zero attached hydrogens (tertiary/aromatic N) is 1. The normalized spacial score (nSPS) is 13.3. The summed E-state index contributed by atoms with van der Waals surface area (Å²) in [5.41, 5.74) is 5.50. The van der Waals surface area contributed by atoms with Crippen molar-refractivity contribution in [2.45, 2.75) is 71.8 Å². The molecule has 98 valence electrons. The zero-order valence-corrected chi connectivity index (χ0v) is 11.7. The second kappa shape index (κ2) is 11.4. The first-order chi connectivity index (χ1) is 7.76. The van der Waals surface area contributed by atoms with E-state index in [4.69, 9.17) is 5.73 Å². The van der Waals surface area contributed by atoms with Crippen molar-refractivity contribution in [3.63, 3.8) is 0 Å². The van der Waals surface area contributed by atoms with Gasteiger partial charge in [-0.05, 0) is 52.2 Å². The average Bonchev–Trinajstić information content (AvgIpc) is 2.31. The van der Waals surface area contributed by atoms with E-state index in [0.717, 1.165) is 12.6 Å². The highest BCUT2D eigenvalue weighted by Crippen LogP contribution is 2.09. The van der Waals surface area contributed by atoms with Crippen LogP contribution in [0.15, 0.2) is 0 Å². The van der Waals surface area contributed by atoms with Crippen molar-refractivity contribution in [2.75, 3.05) is 19.6 Å². The Morgan fingerprint density at radius 3 is 2.12 bits per heavy atom. The summed E-state index contributed by atoms with van der Waals surface area (Å²) in [7, 11) is 0. The van der Waals surface area contributed by atoms with Gasteiger partial charge in [-0.25, -0.2) is 0 Å². The lowest BCUT2D eigenvalue weighted by Crippen LogP contribution is -2.34. The lowest BCUT2D eigenvalue weighted by Gasteiger charge is -2.28. The lowest BCUT2D eigenvalue weighted by atomic mass is 10.1. The third-order valence-electron chi connectivity index (χ3n) is 3.41. The third-order valence-corrected chi connectivity index (χ3v) is 3.41. The van der Waals surface area contributed by atoms with Crippen molar-refractivity contribution >= 4 is 0 Å². The van der Waals surface area contributed by atoms with E-state index >= 15 is 0 Å². The van der Waals surface area contributed by atoms with E-state index in [2.05, 4.69) is 25.7 Å². The van der Waals surface area contributed by atoms with Crippen LogP contribution in [0, 0.1) is 0 Å². The van der Waals surface area contributed by atoms with Crippen LogP contribution in [0.4, 0.5) is 0 Å². The molecule has 0 radical (unpaired) electrons. The Morgan fingerprint density at radius 2 is 1.56 bits per heavy atom. The summed E-state index contributed by atoms with van der Waals surface area (Å²) < 4.78 is 0. The van der Waals surface area contributed by atoms with Gasteiger partial charge in [0.05, 0.1) is 0 Å². The van der Waals surface area contributed by atoms with Crippen LogP contribution < -0.4 is 5.73 Å². The quantitative estimate of drug-likeness (QED) is 0.549. The van der Waals surface area contributed by atoms with Crippen LogP contribution in [0.5, 0.6) is 0 Å². The zero-order valence-electron chi connectivity index (χ0n) is 11.7. The van der Waals surface area contributed by atoms with Gasteiger partial charge in [0.15, 0.2) is 0 Å². The zero-order chi connectivity index (χ0) is 12.2. The van der Waals surface area contributed by atoms with Gasteiger partial charge in [0.25, 0.3) is 0 Å². The molecule has 0 aliphatic rings. The van der Waals surface area contributed by atoms with Crippen LogP contribution in [-0.2, 0) is 0 Å². The standard InChI is InChI=1S/C14H32N2/c1-4-6-12-16(14(3)5-2)13-10-8-7-9-11-15/h14H,4-13,15H2,1-3H3. The van der Waals surface area contributed by atoms with Crippen LogP contribution in [0.25, 0.3) is 0 Å². The minimum atomic E-state index is 0.751. The van der Waals surface area contributed by atoms with Crippen molar-refractivity contribution in [2.24, 2.45) is 5.73 Å². The number of nitrogens with two attached hydrogens (primary N) is 1. The van der Waals surface area contributed by atoms with Crippen LogP contribution in [0.2, 0.25) is 0 Å². The average molecular weight is 228 g/mol.